The van der Waals surface area contributed by atoms with Crippen LogP contribution in [0.15, 0.2) is 36.9 Å². The third kappa shape index (κ3) is 2.87. The number of nitrogens with zero attached hydrogens (tertiary/aromatic N) is 2. The molecule has 0 bridgehead atoms. The molecule has 0 aliphatic carbocycles. The SMILES string of the molecule is CCC(N)c1ccn(Cc2ccncc2Cl)c1. The molecule has 0 saturated carbocycles. The predicted octanol–water partition coefficient (Wildman–Crippen LogP) is 2.99. The molecule has 2 aromatic rings. The van der Waals surface area contributed by atoms with Gasteiger partial charge in [0.25, 0.3) is 0 Å². The van der Waals surface area contributed by atoms with Crippen LogP contribution in [0.1, 0.15) is 30.5 Å². The van der Waals surface area contributed by atoms with Crippen LogP contribution >= 0.6 is 11.6 Å². The first kappa shape index (κ1) is 12.1. The Bertz CT molecular complexity index is 493. The Labute approximate surface area is 106 Å². The van der Waals surface area contributed by atoms with Crippen molar-refractivity contribution in [3.63, 3.8) is 0 Å². The maximum atomic E-state index is 6.07. The van der Waals surface area contributed by atoms with Gasteiger partial charge in [-0.3, -0.25) is 4.98 Å². The van der Waals surface area contributed by atoms with Crippen LogP contribution in [-0.4, -0.2) is 9.55 Å². The molecule has 1 atom stereocenters. The topological polar surface area (TPSA) is 43.8 Å². The molecular formula is C13H16ClN3. The molecule has 90 valence electrons. The van der Waals surface area contributed by atoms with Gasteiger partial charge in [-0.25, -0.2) is 0 Å². The largest absolute Gasteiger partial charge is 0.350 e. The van der Waals surface area contributed by atoms with E-state index in [9.17, 15) is 0 Å². The van der Waals surface area contributed by atoms with Gasteiger partial charge in [0, 0.05) is 37.4 Å². The van der Waals surface area contributed by atoms with Crippen LogP contribution in [0, 0.1) is 0 Å². The van der Waals surface area contributed by atoms with Crippen LogP contribution in [0.5, 0.6) is 0 Å². The van der Waals surface area contributed by atoms with Crippen molar-refractivity contribution in [2.75, 3.05) is 0 Å². The molecule has 4 heteroatoms. The van der Waals surface area contributed by atoms with Gasteiger partial charge in [-0.15, -0.1) is 0 Å². The molecule has 0 radical (unpaired) electrons. The summed E-state index contributed by atoms with van der Waals surface area (Å²) < 4.78 is 2.09. The molecule has 2 heterocycles. The summed E-state index contributed by atoms with van der Waals surface area (Å²) in [6.07, 6.45) is 8.47. The van der Waals surface area contributed by atoms with Gasteiger partial charge >= 0.3 is 0 Å². The van der Waals surface area contributed by atoms with E-state index in [4.69, 9.17) is 17.3 Å². The highest BCUT2D eigenvalue weighted by atomic mass is 35.5. The van der Waals surface area contributed by atoms with Gasteiger partial charge in [-0.1, -0.05) is 18.5 Å². The molecule has 2 N–H and O–H groups in total. The van der Waals surface area contributed by atoms with Gasteiger partial charge in [0.2, 0.25) is 0 Å². The van der Waals surface area contributed by atoms with Crippen molar-refractivity contribution in [1.29, 1.82) is 0 Å². The highest BCUT2D eigenvalue weighted by molar-refractivity contribution is 6.31. The third-order valence-electron chi connectivity index (χ3n) is 2.85. The maximum absolute atomic E-state index is 6.07. The van der Waals surface area contributed by atoms with E-state index in [1.807, 2.05) is 12.3 Å². The summed E-state index contributed by atoms with van der Waals surface area (Å²) in [5.74, 6) is 0. The van der Waals surface area contributed by atoms with E-state index in [0.717, 1.165) is 24.1 Å². The van der Waals surface area contributed by atoms with Gasteiger partial charge in [0.05, 0.1) is 5.02 Å². The maximum Gasteiger partial charge on any atom is 0.0639 e. The van der Waals surface area contributed by atoms with Crippen molar-refractivity contribution in [3.05, 3.63) is 53.1 Å². The fraction of sp³-hybridized carbons (Fsp3) is 0.308. The number of pyridine rings is 1. The zero-order chi connectivity index (χ0) is 12.3. The second-order valence-corrected chi connectivity index (χ2v) is 4.51. The second-order valence-electron chi connectivity index (χ2n) is 4.10. The minimum Gasteiger partial charge on any atom is -0.350 e. The first-order valence-electron chi connectivity index (χ1n) is 5.70. The lowest BCUT2D eigenvalue weighted by Gasteiger charge is -2.06. The quantitative estimate of drug-likeness (QED) is 0.905. The summed E-state index contributed by atoms with van der Waals surface area (Å²) in [6, 6.07) is 4.11. The number of halogens is 1. The van der Waals surface area contributed by atoms with Gasteiger partial charge in [-0.2, -0.15) is 0 Å². The zero-order valence-corrected chi connectivity index (χ0v) is 10.6. The summed E-state index contributed by atoms with van der Waals surface area (Å²) in [6.45, 7) is 2.83. The Morgan fingerprint density at radius 3 is 3.00 bits per heavy atom. The van der Waals surface area contributed by atoms with Crippen molar-refractivity contribution in [2.45, 2.75) is 25.9 Å². The Balaban J connectivity index is 2.14. The molecule has 0 aliphatic rings. The standard InChI is InChI=1S/C13H16ClN3/c1-2-13(15)11-4-6-17(9-11)8-10-3-5-16-7-12(10)14/h3-7,9,13H,2,8,15H2,1H3. The van der Waals surface area contributed by atoms with Crippen LogP contribution in [0.25, 0.3) is 0 Å². The minimum absolute atomic E-state index is 0.115. The van der Waals surface area contributed by atoms with Crippen molar-refractivity contribution in [3.8, 4) is 0 Å². The highest BCUT2D eigenvalue weighted by Crippen LogP contribution is 2.18. The van der Waals surface area contributed by atoms with Crippen LogP contribution in [0.4, 0.5) is 0 Å². The number of hydrogen-bond donors (Lipinski definition) is 1. The van der Waals surface area contributed by atoms with Crippen LogP contribution < -0.4 is 5.73 Å². The fourth-order valence-corrected chi connectivity index (χ4v) is 1.92. The Kier molecular flexibility index (Phi) is 3.82. The molecule has 1 unspecified atom stereocenters. The van der Waals surface area contributed by atoms with Crippen LogP contribution in [0.3, 0.4) is 0 Å². The molecule has 3 nitrogen and oxygen atoms in total. The van der Waals surface area contributed by atoms with Crippen molar-refractivity contribution < 1.29 is 0 Å². The molecule has 0 spiro atoms. The average Bonchev–Trinajstić information content (AvgIpc) is 2.80. The Morgan fingerprint density at radius 2 is 2.29 bits per heavy atom. The molecule has 2 aromatic heterocycles. The molecular weight excluding hydrogens is 234 g/mol. The Morgan fingerprint density at radius 1 is 1.47 bits per heavy atom. The normalized spacial score (nSPS) is 12.6. The summed E-state index contributed by atoms with van der Waals surface area (Å²) in [5, 5.41) is 0.697. The predicted molar refractivity (Wildman–Crippen MR) is 70.0 cm³/mol. The molecule has 0 aliphatic heterocycles. The molecule has 0 fully saturated rings. The van der Waals surface area contributed by atoms with E-state index < -0.39 is 0 Å². The number of rotatable bonds is 4. The lowest BCUT2D eigenvalue weighted by Crippen LogP contribution is -2.07. The summed E-state index contributed by atoms with van der Waals surface area (Å²) in [7, 11) is 0. The van der Waals surface area contributed by atoms with E-state index >= 15 is 0 Å². The van der Waals surface area contributed by atoms with Gasteiger partial charge < -0.3 is 10.3 Å². The third-order valence-corrected chi connectivity index (χ3v) is 3.19. The number of nitrogens with two attached hydrogens (primary N) is 1. The lowest BCUT2D eigenvalue weighted by molar-refractivity contribution is 0.693. The van der Waals surface area contributed by atoms with E-state index in [-0.39, 0.29) is 6.04 Å². The highest BCUT2D eigenvalue weighted by Gasteiger charge is 2.06. The van der Waals surface area contributed by atoms with E-state index in [1.54, 1.807) is 12.4 Å². The van der Waals surface area contributed by atoms with Crippen molar-refractivity contribution >= 4 is 11.6 Å². The zero-order valence-electron chi connectivity index (χ0n) is 9.81. The number of aromatic nitrogens is 2. The average molecular weight is 250 g/mol. The molecule has 2 rings (SSSR count). The van der Waals surface area contributed by atoms with Crippen LogP contribution in [0.2, 0.25) is 5.02 Å². The molecule has 0 amide bonds. The Hall–Kier alpha value is -1.32. The molecule has 0 aromatic carbocycles. The monoisotopic (exact) mass is 249 g/mol. The van der Waals surface area contributed by atoms with Crippen molar-refractivity contribution in [1.82, 2.24) is 9.55 Å². The van der Waals surface area contributed by atoms with Gasteiger partial charge in [-0.05, 0) is 29.7 Å². The van der Waals surface area contributed by atoms with Crippen LogP contribution in [-0.2, 0) is 6.54 Å². The summed E-state index contributed by atoms with van der Waals surface area (Å²) in [4.78, 5) is 3.97. The van der Waals surface area contributed by atoms with Gasteiger partial charge in [0.1, 0.15) is 0 Å². The van der Waals surface area contributed by atoms with E-state index in [0.29, 0.717) is 5.02 Å². The van der Waals surface area contributed by atoms with E-state index in [2.05, 4.69) is 28.7 Å². The van der Waals surface area contributed by atoms with E-state index in [1.165, 1.54) is 0 Å². The lowest BCUT2D eigenvalue weighted by atomic mass is 10.1. The second kappa shape index (κ2) is 5.34. The smallest absolute Gasteiger partial charge is 0.0639 e. The van der Waals surface area contributed by atoms with Gasteiger partial charge in [0.15, 0.2) is 0 Å². The number of hydrogen-bond acceptors (Lipinski definition) is 2. The van der Waals surface area contributed by atoms with Crippen molar-refractivity contribution in [2.24, 2.45) is 5.73 Å². The minimum atomic E-state index is 0.115. The fourth-order valence-electron chi connectivity index (χ4n) is 1.74. The summed E-state index contributed by atoms with van der Waals surface area (Å²) in [5.41, 5.74) is 8.21. The summed E-state index contributed by atoms with van der Waals surface area (Å²) >= 11 is 6.07. The molecule has 17 heavy (non-hydrogen) atoms. The first-order chi connectivity index (χ1) is 8.20. The first-order valence-corrected chi connectivity index (χ1v) is 6.08. The molecule has 0 saturated heterocycles.